The third kappa shape index (κ3) is 1.77. The molecule has 0 radical (unpaired) electrons. The summed E-state index contributed by atoms with van der Waals surface area (Å²) < 4.78 is 7.08. The fourth-order valence-electron chi connectivity index (χ4n) is 2.29. The Morgan fingerprint density at radius 2 is 2.33 bits per heavy atom. The predicted molar refractivity (Wildman–Crippen MR) is 58.8 cm³/mol. The minimum absolute atomic E-state index is 0.105. The summed E-state index contributed by atoms with van der Waals surface area (Å²) in [5.74, 6) is 0. The summed E-state index contributed by atoms with van der Waals surface area (Å²) in [6.45, 7) is 0. The van der Waals surface area contributed by atoms with E-state index in [0.29, 0.717) is 5.69 Å². The van der Waals surface area contributed by atoms with E-state index in [9.17, 15) is 4.79 Å². The Balaban J connectivity index is 2.37. The minimum Gasteiger partial charge on any atom is -0.394 e. The van der Waals surface area contributed by atoms with Crippen molar-refractivity contribution in [2.45, 2.75) is 31.4 Å². The maximum Gasteiger partial charge on any atom is 0.274 e. The van der Waals surface area contributed by atoms with Crippen LogP contribution in [0.1, 0.15) is 25.3 Å². The van der Waals surface area contributed by atoms with Gasteiger partial charge in [-0.05, 0) is 31.4 Å². The minimum atomic E-state index is -0.105. The van der Waals surface area contributed by atoms with E-state index in [1.165, 1.54) is 0 Å². The smallest absolute Gasteiger partial charge is 0.274 e. The molecule has 0 aliphatic heterocycles. The van der Waals surface area contributed by atoms with E-state index in [1.54, 1.807) is 23.9 Å². The van der Waals surface area contributed by atoms with Gasteiger partial charge in [0.05, 0.1) is 17.8 Å². The molecule has 1 saturated carbocycles. The van der Waals surface area contributed by atoms with Gasteiger partial charge in [0.2, 0.25) is 0 Å². The lowest BCUT2D eigenvalue weighted by molar-refractivity contribution is 0.0739. The molecule has 2 rings (SSSR count). The van der Waals surface area contributed by atoms with Crippen LogP contribution in [-0.4, -0.2) is 17.8 Å². The number of ether oxygens (including phenoxy) is 1. The van der Waals surface area contributed by atoms with Crippen LogP contribution in [0.15, 0.2) is 23.1 Å². The number of nitrogens with zero attached hydrogens (tertiary/aromatic N) is 1. The van der Waals surface area contributed by atoms with Gasteiger partial charge in [-0.3, -0.25) is 4.79 Å². The van der Waals surface area contributed by atoms with Crippen molar-refractivity contribution in [3.8, 4) is 0 Å². The molecule has 0 spiro atoms. The number of hydrogen-bond acceptors (Lipinski definition) is 3. The summed E-state index contributed by atoms with van der Waals surface area (Å²) in [6.07, 6.45) is 5.04. The third-order valence-electron chi connectivity index (χ3n) is 3.08. The lowest BCUT2D eigenvalue weighted by Crippen LogP contribution is -2.30. The van der Waals surface area contributed by atoms with Crippen LogP contribution in [0.4, 0.5) is 5.69 Å². The fraction of sp³-hybridized carbons (Fsp3) is 0.545. The Hall–Kier alpha value is -1.29. The molecule has 0 amide bonds. The number of nitrogens with two attached hydrogens (primary N) is 1. The van der Waals surface area contributed by atoms with Gasteiger partial charge in [0.1, 0.15) is 0 Å². The highest BCUT2D eigenvalue weighted by atomic mass is 16.5. The lowest BCUT2D eigenvalue weighted by Gasteiger charge is -2.20. The number of nitrogen functional groups attached to an aromatic ring is 1. The van der Waals surface area contributed by atoms with Gasteiger partial charge < -0.3 is 15.0 Å². The van der Waals surface area contributed by atoms with Crippen LogP contribution in [0.2, 0.25) is 0 Å². The molecule has 82 valence electrons. The highest BCUT2D eigenvalue weighted by Crippen LogP contribution is 2.30. The average Bonchev–Trinajstić information content (AvgIpc) is 2.70. The van der Waals surface area contributed by atoms with Crippen LogP contribution < -0.4 is 11.3 Å². The molecule has 4 heteroatoms. The van der Waals surface area contributed by atoms with Crippen LogP contribution in [0, 0.1) is 0 Å². The Labute approximate surface area is 88.7 Å². The van der Waals surface area contributed by atoms with Crippen molar-refractivity contribution in [3.05, 3.63) is 28.7 Å². The fourth-order valence-corrected chi connectivity index (χ4v) is 2.29. The third-order valence-corrected chi connectivity index (χ3v) is 3.08. The van der Waals surface area contributed by atoms with Crippen molar-refractivity contribution in [2.75, 3.05) is 12.8 Å². The van der Waals surface area contributed by atoms with Crippen LogP contribution in [0.5, 0.6) is 0 Å². The van der Waals surface area contributed by atoms with Gasteiger partial charge in [0, 0.05) is 13.3 Å². The summed E-state index contributed by atoms with van der Waals surface area (Å²) in [4.78, 5) is 11.8. The van der Waals surface area contributed by atoms with Crippen molar-refractivity contribution < 1.29 is 4.74 Å². The molecule has 0 aromatic carbocycles. The van der Waals surface area contributed by atoms with Gasteiger partial charge in [-0.25, -0.2) is 0 Å². The van der Waals surface area contributed by atoms with Crippen molar-refractivity contribution in [1.82, 2.24) is 4.57 Å². The molecule has 0 bridgehead atoms. The van der Waals surface area contributed by atoms with Gasteiger partial charge >= 0.3 is 0 Å². The molecule has 0 saturated heterocycles. The second kappa shape index (κ2) is 4.06. The van der Waals surface area contributed by atoms with Gasteiger partial charge in [0.15, 0.2) is 0 Å². The van der Waals surface area contributed by atoms with Crippen LogP contribution in [0.3, 0.4) is 0 Å². The molecule has 2 atom stereocenters. The van der Waals surface area contributed by atoms with E-state index in [0.717, 1.165) is 19.3 Å². The van der Waals surface area contributed by atoms with E-state index in [-0.39, 0.29) is 17.7 Å². The Morgan fingerprint density at radius 3 is 3.07 bits per heavy atom. The highest BCUT2D eigenvalue weighted by Gasteiger charge is 2.29. The molecular formula is C11H16N2O2. The van der Waals surface area contributed by atoms with Crippen LogP contribution in [0.25, 0.3) is 0 Å². The Bertz CT molecular complexity index is 400. The molecule has 1 aliphatic rings. The molecule has 2 N–H and O–H groups in total. The predicted octanol–water partition coefficient (Wildman–Crippen LogP) is 1.17. The summed E-state index contributed by atoms with van der Waals surface area (Å²) in [7, 11) is 1.69. The second-order valence-corrected chi connectivity index (χ2v) is 3.95. The summed E-state index contributed by atoms with van der Waals surface area (Å²) in [5, 5.41) is 0. The molecule has 1 heterocycles. The maximum absolute atomic E-state index is 11.8. The van der Waals surface area contributed by atoms with E-state index >= 15 is 0 Å². The van der Waals surface area contributed by atoms with E-state index in [2.05, 4.69) is 0 Å². The van der Waals surface area contributed by atoms with E-state index in [1.807, 2.05) is 6.07 Å². The number of aromatic nitrogens is 1. The molecule has 1 aliphatic carbocycles. The summed E-state index contributed by atoms with van der Waals surface area (Å²) >= 11 is 0. The molecule has 1 aromatic heterocycles. The first-order chi connectivity index (χ1) is 7.24. The number of anilines is 1. The van der Waals surface area contributed by atoms with Crippen molar-refractivity contribution in [3.63, 3.8) is 0 Å². The standard InChI is InChI=1S/C11H16N2O2/c1-15-10-6-2-5-9(10)13-7-3-4-8(12)11(13)14/h3-4,7,9-10H,2,5-6,12H2,1H3/t9-,10+/m0/s1. The topological polar surface area (TPSA) is 57.2 Å². The maximum atomic E-state index is 11.8. The SMILES string of the molecule is CO[C@@H]1CCC[C@@H]1n1cccc(N)c1=O. The molecular weight excluding hydrogens is 192 g/mol. The molecule has 0 unspecified atom stereocenters. The monoisotopic (exact) mass is 208 g/mol. The number of rotatable bonds is 2. The van der Waals surface area contributed by atoms with Crippen LogP contribution in [-0.2, 0) is 4.74 Å². The molecule has 1 aromatic rings. The summed E-state index contributed by atoms with van der Waals surface area (Å²) in [6, 6.07) is 3.59. The van der Waals surface area contributed by atoms with Gasteiger partial charge in [-0.1, -0.05) is 0 Å². The normalized spacial score (nSPS) is 25.7. The summed E-state index contributed by atoms with van der Waals surface area (Å²) in [5.41, 5.74) is 5.80. The highest BCUT2D eigenvalue weighted by molar-refractivity contribution is 5.33. The quantitative estimate of drug-likeness (QED) is 0.793. The van der Waals surface area contributed by atoms with Gasteiger partial charge in [-0.2, -0.15) is 0 Å². The average molecular weight is 208 g/mol. The first-order valence-electron chi connectivity index (χ1n) is 5.23. The zero-order valence-electron chi connectivity index (χ0n) is 8.85. The molecule has 15 heavy (non-hydrogen) atoms. The molecule has 4 nitrogen and oxygen atoms in total. The number of methoxy groups -OCH3 is 1. The van der Waals surface area contributed by atoms with Crippen molar-refractivity contribution >= 4 is 5.69 Å². The van der Waals surface area contributed by atoms with Gasteiger partial charge in [-0.15, -0.1) is 0 Å². The molecule has 1 fully saturated rings. The number of pyridine rings is 1. The zero-order chi connectivity index (χ0) is 10.8. The van der Waals surface area contributed by atoms with Crippen molar-refractivity contribution in [1.29, 1.82) is 0 Å². The zero-order valence-corrected chi connectivity index (χ0v) is 8.85. The number of hydrogen-bond donors (Lipinski definition) is 1. The van der Waals surface area contributed by atoms with E-state index in [4.69, 9.17) is 10.5 Å². The largest absolute Gasteiger partial charge is 0.394 e. The van der Waals surface area contributed by atoms with Crippen LogP contribution >= 0.6 is 0 Å². The van der Waals surface area contributed by atoms with Crippen molar-refractivity contribution in [2.24, 2.45) is 0 Å². The Morgan fingerprint density at radius 1 is 1.53 bits per heavy atom. The first kappa shape index (κ1) is 10.2. The Kier molecular flexibility index (Phi) is 2.77. The van der Waals surface area contributed by atoms with Gasteiger partial charge in [0.25, 0.3) is 5.56 Å². The van der Waals surface area contributed by atoms with E-state index < -0.39 is 0 Å². The second-order valence-electron chi connectivity index (χ2n) is 3.95. The first-order valence-corrected chi connectivity index (χ1v) is 5.23. The lowest BCUT2D eigenvalue weighted by atomic mass is 10.2.